The number of hydrogen-bond donors (Lipinski definition) is 2. The zero-order chi connectivity index (χ0) is 10.6. The molecule has 0 bridgehead atoms. The standard InChI is InChI=1S/C9H14N4O.ClH/c1-6-3-8(13-5-12-6)4-11-9(14)7(2)10;/h3,5,7H,4,10H2,1-2H3,(H,11,14);1H. The Morgan fingerprint density at radius 1 is 1.60 bits per heavy atom. The van der Waals surface area contributed by atoms with Gasteiger partial charge < -0.3 is 11.1 Å². The first-order valence-corrected chi connectivity index (χ1v) is 4.40. The van der Waals surface area contributed by atoms with Gasteiger partial charge in [0.15, 0.2) is 0 Å². The summed E-state index contributed by atoms with van der Waals surface area (Å²) in [6.07, 6.45) is 1.47. The van der Waals surface area contributed by atoms with E-state index in [2.05, 4.69) is 15.3 Å². The number of rotatable bonds is 3. The third-order valence-corrected chi connectivity index (χ3v) is 1.72. The molecule has 0 saturated heterocycles. The van der Waals surface area contributed by atoms with Gasteiger partial charge in [-0.05, 0) is 19.9 Å². The van der Waals surface area contributed by atoms with E-state index in [-0.39, 0.29) is 18.3 Å². The summed E-state index contributed by atoms with van der Waals surface area (Å²) in [6.45, 7) is 3.91. The van der Waals surface area contributed by atoms with Crippen molar-refractivity contribution in [1.82, 2.24) is 15.3 Å². The van der Waals surface area contributed by atoms with Crippen molar-refractivity contribution < 1.29 is 4.79 Å². The molecule has 1 atom stereocenters. The minimum atomic E-state index is -0.488. The molecule has 1 rings (SSSR count). The molecule has 1 aromatic heterocycles. The average Bonchev–Trinajstić information content (AvgIpc) is 2.14. The number of amides is 1. The Morgan fingerprint density at radius 3 is 2.80 bits per heavy atom. The summed E-state index contributed by atoms with van der Waals surface area (Å²) in [5, 5.41) is 2.67. The van der Waals surface area contributed by atoms with Crippen LogP contribution < -0.4 is 11.1 Å². The summed E-state index contributed by atoms with van der Waals surface area (Å²) < 4.78 is 0. The third kappa shape index (κ3) is 4.71. The van der Waals surface area contributed by atoms with E-state index in [1.807, 2.05) is 13.0 Å². The van der Waals surface area contributed by atoms with Crippen molar-refractivity contribution in [3.8, 4) is 0 Å². The fourth-order valence-corrected chi connectivity index (χ4v) is 0.945. The van der Waals surface area contributed by atoms with Gasteiger partial charge in [0.1, 0.15) is 6.33 Å². The first kappa shape index (κ1) is 13.8. The maximum absolute atomic E-state index is 11.1. The Labute approximate surface area is 94.9 Å². The maximum Gasteiger partial charge on any atom is 0.236 e. The first-order valence-electron chi connectivity index (χ1n) is 4.40. The summed E-state index contributed by atoms with van der Waals surface area (Å²) >= 11 is 0. The van der Waals surface area contributed by atoms with Gasteiger partial charge in [-0.15, -0.1) is 12.4 Å². The number of aryl methyl sites for hydroxylation is 1. The van der Waals surface area contributed by atoms with Crippen molar-refractivity contribution in [3.05, 3.63) is 23.8 Å². The van der Waals surface area contributed by atoms with E-state index < -0.39 is 6.04 Å². The minimum Gasteiger partial charge on any atom is -0.349 e. The predicted molar refractivity (Wildman–Crippen MR) is 59.5 cm³/mol. The summed E-state index contributed by atoms with van der Waals surface area (Å²) in [4.78, 5) is 19.1. The van der Waals surface area contributed by atoms with Crippen molar-refractivity contribution in [3.63, 3.8) is 0 Å². The monoisotopic (exact) mass is 230 g/mol. The zero-order valence-electron chi connectivity index (χ0n) is 8.73. The number of hydrogen-bond acceptors (Lipinski definition) is 4. The largest absolute Gasteiger partial charge is 0.349 e. The molecule has 84 valence electrons. The highest BCUT2D eigenvalue weighted by molar-refractivity contribution is 5.85. The zero-order valence-corrected chi connectivity index (χ0v) is 9.54. The van der Waals surface area contributed by atoms with E-state index in [1.165, 1.54) is 6.33 Å². The number of carbonyl (C=O) groups excluding carboxylic acids is 1. The second-order valence-corrected chi connectivity index (χ2v) is 3.16. The average molecular weight is 231 g/mol. The van der Waals surface area contributed by atoms with Gasteiger partial charge in [0.05, 0.1) is 18.3 Å². The lowest BCUT2D eigenvalue weighted by atomic mass is 10.3. The van der Waals surface area contributed by atoms with Gasteiger partial charge >= 0.3 is 0 Å². The van der Waals surface area contributed by atoms with Crippen LogP contribution in [0.3, 0.4) is 0 Å². The summed E-state index contributed by atoms with van der Waals surface area (Å²) in [5.41, 5.74) is 7.05. The highest BCUT2D eigenvalue weighted by atomic mass is 35.5. The van der Waals surface area contributed by atoms with Gasteiger partial charge in [0.25, 0.3) is 0 Å². The summed E-state index contributed by atoms with van der Waals surface area (Å²) in [5.74, 6) is -0.179. The second-order valence-electron chi connectivity index (χ2n) is 3.16. The molecule has 0 aliphatic rings. The van der Waals surface area contributed by atoms with E-state index in [0.29, 0.717) is 6.54 Å². The molecular weight excluding hydrogens is 216 g/mol. The van der Waals surface area contributed by atoms with Crippen LogP contribution in [0.25, 0.3) is 0 Å². The van der Waals surface area contributed by atoms with Crippen LogP contribution in [0.1, 0.15) is 18.3 Å². The van der Waals surface area contributed by atoms with Gasteiger partial charge in [-0.2, -0.15) is 0 Å². The van der Waals surface area contributed by atoms with Crippen molar-refractivity contribution in [2.24, 2.45) is 5.73 Å². The van der Waals surface area contributed by atoms with E-state index in [0.717, 1.165) is 11.4 Å². The number of aromatic nitrogens is 2. The Morgan fingerprint density at radius 2 is 2.27 bits per heavy atom. The Balaban J connectivity index is 0.00000196. The third-order valence-electron chi connectivity index (χ3n) is 1.72. The van der Waals surface area contributed by atoms with Crippen LogP contribution in [0.2, 0.25) is 0 Å². The molecule has 0 aliphatic carbocycles. The number of nitrogens with zero attached hydrogens (tertiary/aromatic N) is 2. The van der Waals surface area contributed by atoms with E-state index in [1.54, 1.807) is 6.92 Å². The lowest BCUT2D eigenvalue weighted by Crippen LogP contribution is -2.37. The van der Waals surface area contributed by atoms with Crippen LogP contribution in [0, 0.1) is 6.92 Å². The lowest BCUT2D eigenvalue weighted by Gasteiger charge is -2.06. The van der Waals surface area contributed by atoms with E-state index >= 15 is 0 Å². The van der Waals surface area contributed by atoms with Crippen LogP contribution in [0.5, 0.6) is 0 Å². The number of nitrogens with one attached hydrogen (secondary N) is 1. The number of nitrogens with two attached hydrogens (primary N) is 1. The molecule has 0 spiro atoms. The molecule has 1 unspecified atom stereocenters. The predicted octanol–water partition coefficient (Wildman–Crippen LogP) is 0.170. The van der Waals surface area contributed by atoms with Crippen LogP contribution >= 0.6 is 12.4 Å². The van der Waals surface area contributed by atoms with Gasteiger partial charge in [-0.3, -0.25) is 4.79 Å². The Hall–Kier alpha value is -1.20. The molecule has 1 heterocycles. The molecule has 0 aliphatic heterocycles. The van der Waals surface area contributed by atoms with Crippen molar-refractivity contribution in [2.75, 3.05) is 0 Å². The van der Waals surface area contributed by atoms with E-state index in [4.69, 9.17) is 5.73 Å². The quantitative estimate of drug-likeness (QED) is 0.776. The molecular formula is C9H15ClN4O. The molecule has 0 fully saturated rings. The molecule has 0 saturated carbocycles. The molecule has 15 heavy (non-hydrogen) atoms. The fourth-order valence-electron chi connectivity index (χ4n) is 0.945. The van der Waals surface area contributed by atoms with Crippen LogP contribution in [-0.2, 0) is 11.3 Å². The first-order chi connectivity index (χ1) is 6.59. The number of carbonyl (C=O) groups is 1. The SMILES string of the molecule is Cc1cc(CNC(=O)C(C)N)ncn1.Cl. The van der Waals surface area contributed by atoms with Crippen LogP contribution in [-0.4, -0.2) is 21.9 Å². The highest BCUT2D eigenvalue weighted by Gasteiger charge is 2.06. The van der Waals surface area contributed by atoms with Gasteiger partial charge in [0.2, 0.25) is 5.91 Å². The van der Waals surface area contributed by atoms with E-state index in [9.17, 15) is 4.79 Å². The van der Waals surface area contributed by atoms with Gasteiger partial charge in [-0.25, -0.2) is 9.97 Å². The smallest absolute Gasteiger partial charge is 0.236 e. The van der Waals surface area contributed by atoms with Crippen LogP contribution in [0.15, 0.2) is 12.4 Å². The molecule has 0 aromatic carbocycles. The molecule has 5 nitrogen and oxygen atoms in total. The summed E-state index contributed by atoms with van der Waals surface area (Å²) in [6, 6.07) is 1.33. The Kier molecular flexibility index (Phi) is 5.81. The normalized spacial score (nSPS) is 11.4. The Bertz CT molecular complexity index is 330. The topological polar surface area (TPSA) is 80.9 Å². The molecule has 1 aromatic rings. The highest BCUT2D eigenvalue weighted by Crippen LogP contribution is 1.95. The van der Waals surface area contributed by atoms with Crippen LogP contribution in [0.4, 0.5) is 0 Å². The van der Waals surface area contributed by atoms with Gasteiger partial charge in [0, 0.05) is 5.69 Å². The van der Waals surface area contributed by atoms with Crippen molar-refractivity contribution in [1.29, 1.82) is 0 Å². The molecule has 6 heteroatoms. The van der Waals surface area contributed by atoms with Crippen molar-refractivity contribution >= 4 is 18.3 Å². The second kappa shape index (κ2) is 6.31. The van der Waals surface area contributed by atoms with Crippen molar-refractivity contribution in [2.45, 2.75) is 26.4 Å². The maximum atomic E-state index is 11.1. The molecule has 1 amide bonds. The molecule has 3 N–H and O–H groups in total. The summed E-state index contributed by atoms with van der Waals surface area (Å²) in [7, 11) is 0. The molecule has 0 radical (unpaired) electrons. The van der Waals surface area contributed by atoms with Gasteiger partial charge in [-0.1, -0.05) is 0 Å². The number of halogens is 1. The lowest BCUT2D eigenvalue weighted by molar-refractivity contribution is -0.122. The fraction of sp³-hybridized carbons (Fsp3) is 0.444. The minimum absolute atomic E-state index is 0.